The van der Waals surface area contributed by atoms with Crippen LogP contribution in [0.15, 0.2) is 12.2 Å². The maximum Gasteiger partial charge on any atom is 0.253 e. The molecule has 1 rings (SSSR count). The molecular weight excluding hydrogens is 358 g/mol. The van der Waals surface area contributed by atoms with E-state index in [2.05, 4.69) is 10.6 Å². The fourth-order valence-electron chi connectivity index (χ4n) is 2.22. The van der Waals surface area contributed by atoms with Crippen molar-refractivity contribution in [3.8, 4) is 0 Å². The Morgan fingerprint density at radius 1 is 1.22 bits per heavy atom. The van der Waals surface area contributed by atoms with Crippen molar-refractivity contribution in [3.63, 3.8) is 0 Å². The zero-order chi connectivity index (χ0) is 20.1. The Morgan fingerprint density at radius 3 is 2.56 bits per heavy atom. The van der Waals surface area contributed by atoms with Gasteiger partial charge < -0.3 is 19.9 Å². The minimum absolute atomic E-state index is 0.0213. The highest BCUT2D eigenvalue weighted by atomic mass is 16.5. The van der Waals surface area contributed by atoms with Gasteiger partial charge in [-0.05, 0) is 13.3 Å². The zero-order valence-corrected chi connectivity index (χ0v) is 15.4. The molecule has 1 atom stereocenters. The number of aliphatic hydroxyl groups excluding tert-OH is 1. The molecule has 27 heavy (non-hydrogen) atoms. The molecule has 0 aliphatic carbocycles. The molecule has 3 amide bonds. The SMILES string of the molecule is CCOCNCCOC(NC(=O)CCO)C(=O)CCCN1C(=O)C=CC1=O. The van der Waals surface area contributed by atoms with Crippen LogP contribution in [-0.2, 0) is 28.7 Å². The van der Waals surface area contributed by atoms with E-state index >= 15 is 0 Å². The van der Waals surface area contributed by atoms with Gasteiger partial charge in [0.15, 0.2) is 12.0 Å². The molecule has 0 aromatic rings. The number of hydrogen-bond donors (Lipinski definition) is 3. The second-order valence-corrected chi connectivity index (χ2v) is 5.66. The van der Waals surface area contributed by atoms with E-state index in [1.807, 2.05) is 6.92 Å². The predicted molar refractivity (Wildman–Crippen MR) is 94.2 cm³/mol. The number of imide groups is 1. The molecule has 0 fully saturated rings. The third kappa shape index (κ3) is 8.87. The molecule has 0 aromatic heterocycles. The molecule has 0 radical (unpaired) electrons. The topological polar surface area (TPSA) is 134 Å². The zero-order valence-electron chi connectivity index (χ0n) is 15.4. The average molecular weight is 385 g/mol. The first-order valence-corrected chi connectivity index (χ1v) is 8.86. The summed E-state index contributed by atoms with van der Waals surface area (Å²) in [5.41, 5.74) is 0. The molecule has 1 heterocycles. The molecule has 0 saturated heterocycles. The van der Waals surface area contributed by atoms with Crippen LogP contribution in [0.4, 0.5) is 0 Å². The number of carbonyl (C=O) groups is 4. The number of hydrogen-bond acceptors (Lipinski definition) is 8. The summed E-state index contributed by atoms with van der Waals surface area (Å²) < 4.78 is 10.5. The number of Topliss-reactive ketones (excluding diaryl/α,β-unsaturated/α-hetero) is 1. The maximum atomic E-state index is 12.3. The first kappa shape index (κ1) is 22.9. The highest BCUT2D eigenvalue weighted by Gasteiger charge is 2.25. The summed E-state index contributed by atoms with van der Waals surface area (Å²) in [7, 11) is 0. The van der Waals surface area contributed by atoms with Gasteiger partial charge in [-0.15, -0.1) is 0 Å². The van der Waals surface area contributed by atoms with E-state index in [4.69, 9.17) is 14.6 Å². The standard InChI is InChI=1S/C17H27N3O7/c1-2-26-12-18-8-11-27-17(19-14(23)7-10-21)13(22)4-3-9-20-15(24)5-6-16(20)25/h5-6,17-18,21H,2-4,7-12H2,1H3,(H,19,23). The van der Waals surface area contributed by atoms with Crippen molar-refractivity contribution >= 4 is 23.5 Å². The van der Waals surface area contributed by atoms with Gasteiger partial charge in [-0.3, -0.25) is 29.4 Å². The van der Waals surface area contributed by atoms with Crippen LogP contribution in [0.3, 0.4) is 0 Å². The van der Waals surface area contributed by atoms with Crippen LogP contribution in [0.5, 0.6) is 0 Å². The van der Waals surface area contributed by atoms with E-state index in [1.54, 1.807) is 0 Å². The van der Waals surface area contributed by atoms with Crippen LogP contribution in [0, 0.1) is 0 Å². The van der Waals surface area contributed by atoms with Crippen molar-refractivity contribution in [3.05, 3.63) is 12.2 Å². The second kappa shape index (κ2) is 13.1. The molecule has 0 bridgehead atoms. The molecule has 3 N–H and O–H groups in total. The third-order valence-corrected chi connectivity index (χ3v) is 3.60. The number of ketones is 1. The lowest BCUT2D eigenvalue weighted by Crippen LogP contribution is -2.44. The molecular formula is C17H27N3O7. The van der Waals surface area contributed by atoms with Gasteiger partial charge in [0.25, 0.3) is 11.8 Å². The Labute approximate surface area is 157 Å². The summed E-state index contributed by atoms with van der Waals surface area (Å²) in [5.74, 6) is -1.70. The summed E-state index contributed by atoms with van der Waals surface area (Å²) in [5, 5.41) is 14.2. The van der Waals surface area contributed by atoms with Gasteiger partial charge in [0.2, 0.25) is 5.91 Å². The van der Waals surface area contributed by atoms with Crippen molar-refractivity contribution in [1.29, 1.82) is 0 Å². The fraction of sp³-hybridized carbons (Fsp3) is 0.647. The van der Waals surface area contributed by atoms with Crippen molar-refractivity contribution in [1.82, 2.24) is 15.5 Å². The molecule has 1 aliphatic rings. The molecule has 1 aliphatic heterocycles. The Bertz CT molecular complexity index is 533. The number of nitrogens with one attached hydrogen (secondary N) is 2. The Balaban J connectivity index is 2.41. The molecule has 1 unspecified atom stereocenters. The van der Waals surface area contributed by atoms with Gasteiger partial charge in [-0.2, -0.15) is 0 Å². The smallest absolute Gasteiger partial charge is 0.253 e. The third-order valence-electron chi connectivity index (χ3n) is 3.60. The van der Waals surface area contributed by atoms with Gasteiger partial charge in [-0.1, -0.05) is 0 Å². The van der Waals surface area contributed by atoms with E-state index in [0.717, 1.165) is 4.90 Å². The number of rotatable bonds is 15. The van der Waals surface area contributed by atoms with Crippen LogP contribution in [0.1, 0.15) is 26.2 Å². The number of carbonyl (C=O) groups excluding carboxylic acids is 4. The monoisotopic (exact) mass is 385 g/mol. The van der Waals surface area contributed by atoms with E-state index in [9.17, 15) is 19.2 Å². The van der Waals surface area contributed by atoms with Gasteiger partial charge in [0.05, 0.1) is 19.9 Å². The van der Waals surface area contributed by atoms with Crippen LogP contribution in [0.2, 0.25) is 0 Å². The largest absolute Gasteiger partial charge is 0.396 e. The predicted octanol–water partition coefficient (Wildman–Crippen LogP) is -1.31. The molecule has 0 aromatic carbocycles. The fourth-order valence-corrected chi connectivity index (χ4v) is 2.22. The Morgan fingerprint density at radius 2 is 1.93 bits per heavy atom. The van der Waals surface area contributed by atoms with Crippen molar-refractivity contribution in [2.45, 2.75) is 32.4 Å². The summed E-state index contributed by atoms with van der Waals surface area (Å²) >= 11 is 0. The Hall–Kier alpha value is -2.14. The Kier molecular flexibility index (Phi) is 11.1. The molecule has 0 saturated carbocycles. The highest BCUT2D eigenvalue weighted by Crippen LogP contribution is 2.07. The minimum Gasteiger partial charge on any atom is -0.396 e. The summed E-state index contributed by atoms with van der Waals surface area (Å²) in [6.45, 7) is 3.14. The van der Waals surface area contributed by atoms with E-state index in [-0.39, 0.29) is 44.8 Å². The van der Waals surface area contributed by atoms with Crippen LogP contribution >= 0.6 is 0 Å². The van der Waals surface area contributed by atoms with Crippen molar-refractivity contribution < 1.29 is 33.8 Å². The van der Waals surface area contributed by atoms with Crippen LogP contribution < -0.4 is 10.6 Å². The number of amides is 3. The summed E-state index contributed by atoms with van der Waals surface area (Å²) in [4.78, 5) is 48.0. The average Bonchev–Trinajstić information content (AvgIpc) is 2.95. The van der Waals surface area contributed by atoms with E-state index < -0.39 is 23.9 Å². The summed E-state index contributed by atoms with van der Waals surface area (Å²) in [6, 6.07) is 0. The van der Waals surface area contributed by atoms with Gasteiger partial charge >= 0.3 is 0 Å². The number of nitrogens with zero attached hydrogens (tertiary/aromatic N) is 1. The lowest BCUT2D eigenvalue weighted by atomic mass is 10.2. The first-order valence-electron chi connectivity index (χ1n) is 8.86. The number of ether oxygens (including phenoxy) is 2. The molecule has 0 spiro atoms. The van der Waals surface area contributed by atoms with Gasteiger partial charge in [0.1, 0.15) is 0 Å². The van der Waals surface area contributed by atoms with Gasteiger partial charge in [-0.25, -0.2) is 0 Å². The summed E-state index contributed by atoms with van der Waals surface area (Å²) in [6.07, 6.45) is 1.35. The lowest BCUT2D eigenvalue weighted by molar-refractivity contribution is -0.140. The molecule has 10 nitrogen and oxygen atoms in total. The van der Waals surface area contributed by atoms with E-state index in [1.165, 1.54) is 12.2 Å². The number of aliphatic hydroxyl groups is 1. The second-order valence-electron chi connectivity index (χ2n) is 5.66. The maximum absolute atomic E-state index is 12.3. The van der Waals surface area contributed by atoms with Crippen LogP contribution in [-0.4, -0.2) is 79.4 Å². The minimum atomic E-state index is -1.15. The van der Waals surface area contributed by atoms with Crippen molar-refractivity contribution in [2.75, 3.05) is 39.6 Å². The first-order chi connectivity index (χ1) is 13.0. The van der Waals surface area contributed by atoms with Crippen LogP contribution in [0.25, 0.3) is 0 Å². The van der Waals surface area contributed by atoms with E-state index in [0.29, 0.717) is 19.9 Å². The van der Waals surface area contributed by atoms with Crippen molar-refractivity contribution in [2.24, 2.45) is 0 Å². The quantitative estimate of drug-likeness (QED) is 0.180. The normalized spacial score (nSPS) is 14.7. The molecule has 10 heteroatoms. The highest BCUT2D eigenvalue weighted by molar-refractivity contribution is 6.12. The van der Waals surface area contributed by atoms with Gasteiger partial charge in [0, 0.05) is 44.7 Å². The molecule has 152 valence electrons. The lowest BCUT2D eigenvalue weighted by Gasteiger charge is -2.19.